The number of hydrogen-bond acceptors (Lipinski definition) is 4. The summed E-state index contributed by atoms with van der Waals surface area (Å²) >= 11 is 0. The first-order chi connectivity index (χ1) is 8.54. The zero-order valence-electron chi connectivity index (χ0n) is 9.60. The number of halogens is 3. The molecule has 100 valence electrons. The van der Waals surface area contributed by atoms with Gasteiger partial charge in [-0.15, -0.1) is 0 Å². The second-order valence-corrected chi connectivity index (χ2v) is 3.29. The molecule has 0 bridgehead atoms. The number of amides is 1. The smallest absolute Gasteiger partial charge is 0.251 e. The van der Waals surface area contributed by atoms with Crippen LogP contribution in [-0.4, -0.2) is 37.7 Å². The molecular formula is C10H12F3N3O2. The molecule has 0 saturated carbocycles. The Balaban J connectivity index is 2.48. The molecule has 0 radical (unpaired) electrons. The normalized spacial score (nSPS) is 10.2. The van der Waals surface area contributed by atoms with Gasteiger partial charge >= 0.3 is 0 Å². The molecule has 0 spiro atoms. The van der Waals surface area contributed by atoms with Crippen molar-refractivity contribution in [3.63, 3.8) is 0 Å². The van der Waals surface area contributed by atoms with Crippen LogP contribution in [0.3, 0.4) is 0 Å². The van der Waals surface area contributed by atoms with Crippen molar-refractivity contribution < 1.29 is 22.7 Å². The van der Waals surface area contributed by atoms with Gasteiger partial charge in [0.2, 0.25) is 5.91 Å². The lowest BCUT2D eigenvalue weighted by Gasteiger charge is -2.07. The first kappa shape index (κ1) is 14.2. The highest BCUT2D eigenvalue weighted by Crippen LogP contribution is 2.13. The van der Waals surface area contributed by atoms with Crippen molar-refractivity contribution in [2.45, 2.75) is 0 Å². The summed E-state index contributed by atoms with van der Waals surface area (Å²) in [7, 11) is 1.48. The number of nitrogens with zero attached hydrogens (tertiary/aromatic N) is 1. The van der Waals surface area contributed by atoms with E-state index in [-0.39, 0.29) is 6.54 Å². The van der Waals surface area contributed by atoms with Gasteiger partial charge in [0.25, 0.3) is 5.95 Å². The SMILES string of the molecule is COCCNC(=O)CNc1nc(F)c(F)cc1F. The van der Waals surface area contributed by atoms with E-state index in [2.05, 4.69) is 15.6 Å². The highest BCUT2D eigenvalue weighted by molar-refractivity contribution is 5.80. The molecular weight excluding hydrogens is 251 g/mol. The molecule has 0 atom stereocenters. The van der Waals surface area contributed by atoms with Crippen LogP contribution in [0.15, 0.2) is 6.07 Å². The summed E-state index contributed by atoms with van der Waals surface area (Å²) in [6, 6.07) is 0.355. The van der Waals surface area contributed by atoms with Crippen molar-refractivity contribution in [1.29, 1.82) is 0 Å². The van der Waals surface area contributed by atoms with Crippen LogP contribution in [0.25, 0.3) is 0 Å². The van der Waals surface area contributed by atoms with Gasteiger partial charge < -0.3 is 15.4 Å². The zero-order chi connectivity index (χ0) is 13.5. The second-order valence-electron chi connectivity index (χ2n) is 3.29. The van der Waals surface area contributed by atoms with E-state index in [0.29, 0.717) is 19.2 Å². The van der Waals surface area contributed by atoms with E-state index in [1.807, 2.05) is 0 Å². The van der Waals surface area contributed by atoms with Crippen molar-refractivity contribution in [3.8, 4) is 0 Å². The minimum Gasteiger partial charge on any atom is -0.383 e. The summed E-state index contributed by atoms with van der Waals surface area (Å²) in [6.07, 6.45) is 0. The predicted octanol–water partition coefficient (Wildman–Crippen LogP) is 0.673. The molecule has 5 nitrogen and oxygen atoms in total. The first-order valence-electron chi connectivity index (χ1n) is 5.05. The molecule has 0 aliphatic rings. The Bertz CT molecular complexity index is 429. The third-order valence-electron chi connectivity index (χ3n) is 1.93. The van der Waals surface area contributed by atoms with Crippen molar-refractivity contribution >= 4 is 11.7 Å². The summed E-state index contributed by atoms with van der Waals surface area (Å²) in [4.78, 5) is 14.2. The van der Waals surface area contributed by atoms with E-state index in [9.17, 15) is 18.0 Å². The molecule has 0 fully saturated rings. The van der Waals surface area contributed by atoms with E-state index in [0.717, 1.165) is 0 Å². The zero-order valence-corrected chi connectivity index (χ0v) is 9.60. The number of nitrogens with one attached hydrogen (secondary N) is 2. The molecule has 0 aliphatic carbocycles. The molecule has 1 aromatic heterocycles. The van der Waals surface area contributed by atoms with Gasteiger partial charge in [0.1, 0.15) is 0 Å². The Morgan fingerprint density at radius 1 is 1.39 bits per heavy atom. The lowest BCUT2D eigenvalue weighted by atomic mass is 10.4. The standard InChI is InChI=1S/C10H12F3N3O2/c1-18-3-2-14-8(17)5-15-10-7(12)4-6(11)9(13)16-10/h4H,2-3,5H2,1H3,(H,14,17)(H,15,16). The van der Waals surface area contributed by atoms with Crippen LogP contribution in [0.2, 0.25) is 0 Å². The molecule has 1 aromatic rings. The van der Waals surface area contributed by atoms with Gasteiger partial charge in [-0.3, -0.25) is 4.79 Å². The average molecular weight is 263 g/mol. The molecule has 18 heavy (non-hydrogen) atoms. The number of rotatable bonds is 6. The topological polar surface area (TPSA) is 63.2 Å². The molecule has 1 amide bonds. The predicted molar refractivity (Wildman–Crippen MR) is 57.5 cm³/mol. The number of pyridine rings is 1. The number of hydrogen-bond donors (Lipinski definition) is 2. The number of carbonyl (C=O) groups excluding carboxylic acids is 1. The van der Waals surface area contributed by atoms with Gasteiger partial charge in [0.15, 0.2) is 17.5 Å². The maximum atomic E-state index is 13.1. The molecule has 1 rings (SSSR count). The molecule has 0 aromatic carbocycles. The van der Waals surface area contributed by atoms with Crippen molar-refractivity contribution in [2.24, 2.45) is 0 Å². The molecule has 2 N–H and O–H groups in total. The maximum Gasteiger partial charge on any atom is 0.251 e. The fourth-order valence-electron chi connectivity index (χ4n) is 1.09. The number of methoxy groups -OCH3 is 1. The minimum atomic E-state index is -1.43. The maximum absolute atomic E-state index is 13.1. The van der Waals surface area contributed by atoms with Crippen LogP contribution in [0.1, 0.15) is 0 Å². The van der Waals surface area contributed by atoms with Crippen LogP contribution in [0.4, 0.5) is 19.0 Å². The van der Waals surface area contributed by atoms with Gasteiger partial charge in [-0.25, -0.2) is 8.78 Å². The number of aromatic nitrogens is 1. The summed E-state index contributed by atoms with van der Waals surface area (Å²) in [5.41, 5.74) is 0. The van der Waals surface area contributed by atoms with Crippen LogP contribution in [0, 0.1) is 17.6 Å². The summed E-state index contributed by atoms with van der Waals surface area (Å²) in [5, 5.41) is 4.72. The number of carbonyl (C=O) groups is 1. The van der Waals surface area contributed by atoms with Crippen LogP contribution in [0.5, 0.6) is 0 Å². The third kappa shape index (κ3) is 4.21. The van der Waals surface area contributed by atoms with Crippen LogP contribution in [-0.2, 0) is 9.53 Å². The number of anilines is 1. The summed E-state index contributed by atoms with van der Waals surface area (Å²) in [5.74, 6) is -4.85. The Kier molecular flexibility index (Phi) is 5.37. The molecule has 1 heterocycles. The Morgan fingerprint density at radius 2 is 2.11 bits per heavy atom. The Morgan fingerprint density at radius 3 is 2.78 bits per heavy atom. The van der Waals surface area contributed by atoms with Gasteiger partial charge in [-0.2, -0.15) is 9.37 Å². The first-order valence-corrected chi connectivity index (χ1v) is 5.05. The van der Waals surface area contributed by atoms with E-state index in [1.165, 1.54) is 7.11 Å². The lowest BCUT2D eigenvalue weighted by molar-refractivity contribution is -0.119. The fourth-order valence-corrected chi connectivity index (χ4v) is 1.09. The Hall–Kier alpha value is -1.83. The van der Waals surface area contributed by atoms with Gasteiger partial charge in [0, 0.05) is 19.7 Å². The molecule has 8 heteroatoms. The van der Waals surface area contributed by atoms with Gasteiger partial charge in [-0.05, 0) is 0 Å². The largest absolute Gasteiger partial charge is 0.383 e. The van der Waals surface area contributed by atoms with Crippen LogP contribution < -0.4 is 10.6 Å². The van der Waals surface area contributed by atoms with E-state index in [1.54, 1.807) is 0 Å². The minimum absolute atomic E-state index is 0.296. The number of ether oxygens (including phenoxy) is 1. The van der Waals surface area contributed by atoms with E-state index < -0.39 is 29.3 Å². The second kappa shape index (κ2) is 6.80. The van der Waals surface area contributed by atoms with E-state index in [4.69, 9.17) is 4.74 Å². The quantitative estimate of drug-likeness (QED) is 0.585. The molecule has 0 saturated heterocycles. The third-order valence-corrected chi connectivity index (χ3v) is 1.93. The lowest BCUT2D eigenvalue weighted by Crippen LogP contribution is -2.32. The fraction of sp³-hybridized carbons (Fsp3) is 0.400. The highest BCUT2D eigenvalue weighted by atomic mass is 19.2. The summed E-state index contributed by atoms with van der Waals surface area (Å²) < 4.78 is 43.1. The van der Waals surface area contributed by atoms with Gasteiger partial charge in [0.05, 0.1) is 13.2 Å². The van der Waals surface area contributed by atoms with Crippen molar-refractivity contribution in [3.05, 3.63) is 23.6 Å². The van der Waals surface area contributed by atoms with Crippen molar-refractivity contribution in [1.82, 2.24) is 10.3 Å². The molecule has 0 aliphatic heterocycles. The van der Waals surface area contributed by atoms with Crippen LogP contribution >= 0.6 is 0 Å². The average Bonchev–Trinajstić information content (AvgIpc) is 2.32. The summed E-state index contributed by atoms with van der Waals surface area (Å²) in [6.45, 7) is 0.326. The highest BCUT2D eigenvalue weighted by Gasteiger charge is 2.12. The monoisotopic (exact) mass is 263 g/mol. The van der Waals surface area contributed by atoms with E-state index >= 15 is 0 Å². The molecule has 0 unspecified atom stereocenters. The van der Waals surface area contributed by atoms with Gasteiger partial charge in [-0.1, -0.05) is 0 Å². The van der Waals surface area contributed by atoms with Crippen molar-refractivity contribution in [2.75, 3.05) is 32.1 Å². The Labute approximate surface area is 101 Å².